The van der Waals surface area contributed by atoms with Crippen molar-refractivity contribution in [1.29, 1.82) is 0 Å². The van der Waals surface area contributed by atoms with E-state index in [2.05, 4.69) is 15.2 Å². The maximum atomic E-state index is 13.1. The van der Waals surface area contributed by atoms with Gasteiger partial charge in [0, 0.05) is 30.1 Å². The first-order chi connectivity index (χ1) is 15.2. The van der Waals surface area contributed by atoms with Crippen molar-refractivity contribution in [2.24, 2.45) is 5.73 Å². The number of carbonyl (C=O) groups is 1. The van der Waals surface area contributed by atoms with E-state index in [0.29, 0.717) is 22.8 Å². The number of halogens is 1. The highest BCUT2D eigenvalue weighted by Crippen LogP contribution is 2.24. The smallest absolute Gasteiger partial charge is 0.213 e. The summed E-state index contributed by atoms with van der Waals surface area (Å²) in [6, 6.07) is 8.85. The molecule has 0 bridgehead atoms. The van der Waals surface area contributed by atoms with Gasteiger partial charge >= 0.3 is 0 Å². The summed E-state index contributed by atoms with van der Waals surface area (Å²) in [6.45, 7) is 1.55. The lowest BCUT2D eigenvalue weighted by atomic mass is 10.0. The molecule has 1 aliphatic rings. The van der Waals surface area contributed by atoms with Gasteiger partial charge in [-0.3, -0.25) is 4.79 Å². The first-order valence-corrected chi connectivity index (χ1v) is 11.5. The Morgan fingerprint density at radius 3 is 2.59 bits per heavy atom. The van der Waals surface area contributed by atoms with Gasteiger partial charge in [-0.2, -0.15) is 0 Å². The number of nitrogens with two attached hydrogens (primary N) is 1. The average molecular weight is 457 g/mol. The molecule has 0 atom stereocenters. The zero-order chi connectivity index (χ0) is 22.9. The number of hydrogen-bond donors (Lipinski definition) is 1. The molecule has 9 nitrogen and oxygen atoms in total. The van der Waals surface area contributed by atoms with E-state index < -0.39 is 15.7 Å². The third-order valence-electron chi connectivity index (χ3n) is 5.07. The summed E-state index contributed by atoms with van der Waals surface area (Å²) in [6.07, 6.45) is 1.54. The summed E-state index contributed by atoms with van der Waals surface area (Å²) >= 11 is 0. The average Bonchev–Trinajstić information content (AvgIpc) is 3.16. The molecule has 0 radical (unpaired) electrons. The van der Waals surface area contributed by atoms with Crippen molar-refractivity contribution >= 4 is 21.3 Å². The summed E-state index contributed by atoms with van der Waals surface area (Å²) in [4.78, 5) is 16.3. The fraction of sp³-hybridized carbons (Fsp3) is 0.238. The zero-order valence-electron chi connectivity index (χ0n) is 17.2. The van der Waals surface area contributed by atoms with Crippen LogP contribution in [0.3, 0.4) is 0 Å². The molecule has 166 valence electrons. The minimum absolute atomic E-state index is 0.0370. The summed E-state index contributed by atoms with van der Waals surface area (Å²) < 4.78 is 44.1. The SMILES string of the molecule is CC(=O)/C(COc1ccc(-c2nnc3n2CCS(=O)(=O)C3)cn1)=C(\N)c1ccc(F)cc1. The van der Waals surface area contributed by atoms with E-state index in [1.165, 1.54) is 37.4 Å². The Labute approximate surface area is 183 Å². The van der Waals surface area contributed by atoms with Crippen LogP contribution in [0.2, 0.25) is 0 Å². The molecule has 2 aromatic heterocycles. The lowest BCUT2D eigenvalue weighted by Crippen LogP contribution is -2.24. The van der Waals surface area contributed by atoms with Gasteiger partial charge < -0.3 is 15.0 Å². The molecule has 0 fully saturated rings. The molecule has 1 aromatic carbocycles. The molecule has 11 heteroatoms. The third-order valence-corrected chi connectivity index (χ3v) is 6.57. The second-order valence-electron chi connectivity index (χ2n) is 7.31. The highest BCUT2D eigenvalue weighted by Gasteiger charge is 2.26. The van der Waals surface area contributed by atoms with Crippen molar-refractivity contribution in [1.82, 2.24) is 19.7 Å². The second kappa shape index (κ2) is 8.50. The van der Waals surface area contributed by atoms with Crippen LogP contribution in [0.1, 0.15) is 18.3 Å². The Hall–Kier alpha value is -3.60. The highest BCUT2D eigenvalue weighted by atomic mass is 32.2. The molecule has 0 spiro atoms. The predicted molar refractivity (Wildman–Crippen MR) is 114 cm³/mol. The monoisotopic (exact) mass is 457 g/mol. The molecule has 32 heavy (non-hydrogen) atoms. The van der Waals surface area contributed by atoms with Gasteiger partial charge in [-0.1, -0.05) is 0 Å². The number of ketones is 1. The Bertz CT molecular complexity index is 1300. The van der Waals surface area contributed by atoms with Gasteiger partial charge in [0.05, 0.1) is 11.3 Å². The van der Waals surface area contributed by atoms with Crippen LogP contribution >= 0.6 is 0 Å². The molecule has 1 aliphatic heterocycles. The Morgan fingerprint density at radius 1 is 1.19 bits per heavy atom. The van der Waals surface area contributed by atoms with Crippen molar-refractivity contribution < 1.29 is 22.3 Å². The Kier molecular flexibility index (Phi) is 5.74. The first-order valence-electron chi connectivity index (χ1n) is 9.71. The van der Waals surface area contributed by atoms with Gasteiger partial charge in [0.25, 0.3) is 0 Å². The van der Waals surface area contributed by atoms with Gasteiger partial charge in [0.2, 0.25) is 5.88 Å². The molecule has 0 saturated carbocycles. The number of sulfone groups is 1. The number of carbonyl (C=O) groups excluding carboxylic acids is 1. The minimum Gasteiger partial charge on any atom is -0.473 e. The maximum absolute atomic E-state index is 13.1. The fourth-order valence-corrected chi connectivity index (χ4v) is 4.52. The summed E-state index contributed by atoms with van der Waals surface area (Å²) in [5, 5.41) is 8.07. The molecule has 3 heterocycles. The zero-order valence-corrected chi connectivity index (χ0v) is 18.0. The van der Waals surface area contributed by atoms with E-state index >= 15 is 0 Å². The first kappa shape index (κ1) is 21.6. The van der Waals surface area contributed by atoms with Crippen molar-refractivity contribution in [3.63, 3.8) is 0 Å². The molecule has 0 saturated heterocycles. The molecule has 2 N–H and O–H groups in total. The van der Waals surface area contributed by atoms with Crippen molar-refractivity contribution in [3.05, 3.63) is 65.4 Å². The predicted octanol–water partition coefficient (Wildman–Crippen LogP) is 1.75. The van der Waals surface area contributed by atoms with Crippen LogP contribution in [-0.2, 0) is 26.9 Å². The molecule has 3 aromatic rings. The van der Waals surface area contributed by atoms with E-state index in [9.17, 15) is 17.6 Å². The van der Waals surface area contributed by atoms with Crippen LogP contribution in [0.4, 0.5) is 4.39 Å². The number of Topliss-reactive ketones (excluding diaryl/α,β-unsaturated/α-hetero) is 1. The molecular formula is C21H20FN5O4S. The van der Waals surface area contributed by atoms with Crippen LogP contribution < -0.4 is 10.5 Å². The van der Waals surface area contributed by atoms with Crippen molar-refractivity contribution in [2.45, 2.75) is 19.2 Å². The number of nitrogens with zero attached hydrogens (tertiary/aromatic N) is 4. The summed E-state index contributed by atoms with van der Waals surface area (Å²) in [7, 11) is -3.14. The van der Waals surface area contributed by atoms with E-state index in [1.54, 1.807) is 16.7 Å². The van der Waals surface area contributed by atoms with Crippen LogP contribution in [-0.4, -0.2) is 46.3 Å². The largest absolute Gasteiger partial charge is 0.473 e. The van der Waals surface area contributed by atoms with Gasteiger partial charge in [-0.15, -0.1) is 10.2 Å². The number of ether oxygens (including phenoxy) is 1. The Balaban J connectivity index is 1.50. The quantitative estimate of drug-likeness (QED) is 0.554. The lowest BCUT2D eigenvalue weighted by Gasteiger charge is -2.15. The van der Waals surface area contributed by atoms with Crippen LogP contribution in [0.15, 0.2) is 48.2 Å². The fourth-order valence-electron chi connectivity index (χ4n) is 3.31. The summed E-state index contributed by atoms with van der Waals surface area (Å²) in [5.41, 5.74) is 7.73. The molecule has 4 rings (SSSR count). The van der Waals surface area contributed by atoms with Crippen LogP contribution in [0, 0.1) is 5.82 Å². The number of hydrogen-bond acceptors (Lipinski definition) is 8. The van der Waals surface area contributed by atoms with Gasteiger partial charge in [-0.25, -0.2) is 17.8 Å². The molecular weight excluding hydrogens is 437 g/mol. The number of aromatic nitrogens is 4. The van der Waals surface area contributed by atoms with Gasteiger partial charge in [0.1, 0.15) is 24.0 Å². The number of rotatable bonds is 6. The van der Waals surface area contributed by atoms with Crippen LogP contribution in [0.5, 0.6) is 5.88 Å². The number of benzene rings is 1. The second-order valence-corrected chi connectivity index (χ2v) is 9.50. The van der Waals surface area contributed by atoms with E-state index in [0.717, 1.165) is 0 Å². The van der Waals surface area contributed by atoms with Crippen molar-refractivity contribution in [2.75, 3.05) is 12.4 Å². The van der Waals surface area contributed by atoms with E-state index in [1.807, 2.05) is 0 Å². The van der Waals surface area contributed by atoms with Crippen LogP contribution in [0.25, 0.3) is 17.1 Å². The van der Waals surface area contributed by atoms with Crippen molar-refractivity contribution in [3.8, 4) is 17.3 Å². The molecule has 0 aliphatic carbocycles. The number of fused-ring (bicyclic) bond motifs is 1. The normalized spacial score (nSPS) is 15.6. The summed E-state index contributed by atoms with van der Waals surface area (Å²) in [5.74, 6) is 0.424. The third kappa shape index (κ3) is 4.52. The standard InChI is InChI=1S/C21H20FN5O4S/c1-13(28)17(20(23)14-2-5-16(22)6-3-14)11-31-19-7-4-15(10-24-19)21-26-25-18-12-32(29,30)9-8-27(18)21/h2-7,10H,8-9,11-12,23H2,1H3/b20-17-. The molecule has 0 unspecified atom stereocenters. The van der Waals surface area contributed by atoms with Gasteiger partial charge in [0.15, 0.2) is 21.4 Å². The van der Waals surface area contributed by atoms with E-state index in [-0.39, 0.29) is 47.6 Å². The topological polar surface area (TPSA) is 130 Å². The molecule has 0 amide bonds. The highest BCUT2D eigenvalue weighted by molar-refractivity contribution is 7.90. The lowest BCUT2D eigenvalue weighted by molar-refractivity contribution is -0.113. The van der Waals surface area contributed by atoms with Gasteiger partial charge in [-0.05, 0) is 42.8 Å². The Morgan fingerprint density at radius 2 is 1.94 bits per heavy atom. The maximum Gasteiger partial charge on any atom is 0.213 e. The minimum atomic E-state index is -3.14. The van der Waals surface area contributed by atoms with E-state index in [4.69, 9.17) is 10.5 Å². The number of pyridine rings is 1.